The highest BCUT2D eigenvalue weighted by Crippen LogP contribution is 2.78. The summed E-state index contributed by atoms with van der Waals surface area (Å²) in [7, 11) is 0. The van der Waals surface area contributed by atoms with E-state index < -0.39 is 5.60 Å². The molecular formula is C22H36O3. The Morgan fingerprint density at radius 1 is 0.920 bits per heavy atom. The van der Waals surface area contributed by atoms with Gasteiger partial charge in [-0.1, -0.05) is 26.2 Å². The maximum atomic E-state index is 11.6. The minimum atomic E-state index is -0.544. The first-order valence-electron chi connectivity index (χ1n) is 10.9. The Labute approximate surface area is 152 Å². The Balaban J connectivity index is 1.55. The van der Waals surface area contributed by atoms with Gasteiger partial charge in [0.2, 0.25) is 0 Å². The van der Waals surface area contributed by atoms with E-state index in [9.17, 15) is 15.3 Å². The number of hydrogen-bond acceptors (Lipinski definition) is 3. The molecule has 0 heterocycles. The molecule has 5 fully saturated rings. The van der Waals surface area contributed by atoms with Gasteiger partial charge in [-0.3, -0.25) is 0 Å². The lowest BCUT2D eigenvalue weighted by atomic mass is 9.40. The molecule has 5 rings (SSSR count). The SMILES string of the molecule is CC12CCCC(O)(C1)C1CC3(CC(CO)CC34CCCC4)C1C(O)C2. The van der Waals surface area contributed by atoms with E-state index in [0.29, 0.717) is 23.9 Å². The van der Waals surface area contributed by atoms with Crippen molar-refractivity contribution >= 4 is 0 Å². The van der Waals surface area contributed by atoms with Gasteiger partial charge in [0.1, 0.15) is 0 Å². The number of aliphatic hydroxyl groups excluding tert-OH is 2. The van der Waals surface area contributed by atoms with Crippen LogP contribution in [0.15, 0.2) is 0 Å². The fourth-order valence-electron chi connectivity index (χ4n) is 9.13. The van der Waals surface area contributed by atoms with E-state index in [1.807, 2.05) is 0 Å². The average Bonchev–Trinajstić information content (AvgIpc) is 3.09. The lowest BCUT2D eigenvalue weighted by molar-refractivity contribution is -0.227. The second-order valence-electron chi connectivity index (χ2n) is 11.2. The summed E-state index contributed by atoms with van der Waals surface area (Å²) in [5.74, 6) is 0.978. The zero-order chi connectivity index (χ0) is 17.5. The van der Waals surface area contributed by atoms with Crippen molar-refractivity contribution in [1.29, 1.82) is 0 Å². The molecule has 0 amide bonds. The van der Waals surface area contributed by atoms with Crippen molar-refractivity contribution in [2.45, 2.75) is 95.7 Å². The maximum Gasteiger partial charge on any atom is 0.0685 e. The molecule has 0 aromatic heterocycles. The van der Waals surface area contributed by atoms with Gasteiger partial charge in [0.05, 0.1) is 11.7 Å². The Kier molecular flexibility index (Phi) is 3.56. The zero-order valence-corrected chi connectivity index (χ0v) is 15.8. The van der Waals surface area contributed by atoms with E-state index >= 15 is 0 Å². The third-order valence-electron chi connectivity index (χ3n) is 9.79. The van der Waals surface area contributed by atoms with Crippen LogP contribution >= 0.6 is 0 Å². The predicted octanol–water partition coefficient (Wildman–Crippen LogP) is 3.65. The van der Waals surface area contributed by atoms with Crippen LogP contribution in [0.1, 0.15) is 84.0 Å². The van der Waals surface area contributed by atoms with Crippen LogP contribution in [0.4, 0.5) is 0 Å². The number of hydrogen-bond donors (Lipinski definition) is 3. The van der Waals surface area contributed by atoms with Crippen LogP contribution < -0.4 is 0 Å². The quantitative estimate of drug-likeness (QED) is 0.678. The smallest absolute Gasteiger partial charge is 0.0685 e. The minimum Gasteiger partial charge on any atom is -0.396 e. The molecule has 7 unspecified atom stereocenters. The Bertz CT molecular complexity index is 555. The fraction of sp³-hybridized carbons (Fsp3) is 1.00. The van der Waals surface area contributed by atoms with Gasteiger partial charge < -0.3 is 15.3 Å². The second-order valence-corrected chi connectivity index (χ2v) is 11.2. The zero-order valence-electron chi connectivity index (χ0n) is 15.8. The molecule has 0 radical (unpaired) electrons. The third-order valence-corrected chi connectivity index (χ3v) is 9.79. The first-order valence-corrected chi connectivity index (χ1v) is 10.9. The largest absolute Gasteiger partial charge is 0.396 e. The molecule has 5 aliphatic rings. The number of rotatable bonds is 1. The molecule has 0 saturated heterocycles. The van der Waals surface area contributed by atoms with Crippen molar-refractivity contribution in [2.24, 2.45) is 34.0 Å². The van der Waals surface area contributed by atoms with E-state index in [-0.39, 0.29) is 22.9 Å². The van der Waals surface area contributed by atoms with E-state index in [4.69, 9.17) is 0 Å². The number of aliphatic hydroxyl groups is 3. The summed E-state index contributed by atoms with van der Waals surface area (Å²) in [6.07, 6.45) is 13.3. The van der Waals surface area contributed by atoms with Crippen LogP contribution in [0.5, 0.6) is 0 Å². The molecule has 7 atom stereocenters. The summed E-state index contributed by atoms with van der Waals surface area (Å²) in [5.41, 5.74) is 0.114. The summed E-state index contributed by atoms with van der Waals surface area (Å²) in [6, 6.07) is 0. The molecule has 3 nitrogen and oxygen atoms in total. The molecule has 5 aliphatic carbocycles. The molecule has 3 N–H and O–H groups in total. The van der Waals surface area contributed by atoms with Crippen molar-refractivity contribution in [1.82, 2.24) is 0 Å². The maximum absolute atomic E-state index is 11.6. The standard InChI is InChI=1S/C22H36O3/c1-19-5-4-8-22(25,14-19)16-11-21(18(16)17(24)12-19)10-15(13-23)9-20(21)6-2-3-7-20/h15-18,23-25H,2-14H2,1H3. The summed E-state index contributed by atoms with van der Waals surface area (Å²) < 4.78 is 0. The lowest BCUT2D eigenvalue weighted by Gasteiger charge is -2.65. The Hall–Kier alpha value is -0.120. The van der Waals surface area contributed by atoms with Crippen molar-refractivity contribution < 1.29 is 15.3 Å². The Morgan fingerprint density at radius 3 is 2.40 bits per heavy atom. The molecular weight excluding hydrogens is 312 g/mol. The highest BCUT2D eigenvalue weighted by Gasteiger charge is 2.73. The third kappa shape index (κ3) is 2.09. The lowest BCUT2D eigenvalue weighted by Crippen LogP contribution is -2.64. The minimum absolute atomic E-state index is 0.114. The molecule has 0 aliphatic heterocycles. The van der Waals surface area contributed by atoms with Gasteiger partial charge in [-0.05, 0) is 91.8 Å². The van der Waals surface area contributed by atoms with E-state index in [2.05, 4.69) is 6.92 Å². The summed E-state index contributed by atoms with van der Waals surface area (Å²) in [5, 5.41) is 32.9. The van der Waals surface area contributed by atoms with Gasteiger partial charge in [-0.2, -0.15) is 0 Å². The molecule has 2 spiro atoms. The van der Waals surface area contributed by atoms with E-state index in [0.717, 1.165) is 51.4 Å². The predicted molar refractivity (Wildman–Crippen MR) is 96.9 cm³/mol. The van der Waals surface area contributed by atoms with Gasteiger partial charge in [-0.25, -0.2) is 0 Å². The fourth-order valence-corrected chi connectivity index (χ4v) is 9.13. The molecule has 5 saturated carbocycles. The highest BCUT2D eigenvalue weighted by molar-refractivity contribution is 5.22. The average molecular weight is 349 g/mol. The second kappa shape index (κ2) is 5.23. The Morgan fingerprint density at radius 2 is 1.68 bits per heavy atom. The van der Waals surface area contributed by atoms with Crippen molar-refractivity contribution in [3.8, 4) is 0 Å². The summed E-state index contributed by atoms with van der Waals surface area (Å²) in [4.78, 5) is 0. The summed E-state index contributed by atoms with van der Waals surface area (Å²) in [6.45, 7) is 2.60. The van der Waals surface area contributed by atoms with Crippen LogP contribution in [-0.4, -0.2) is 33.6 Å². The van der Waals surface area contributed by atoms with Crippen LogP contribution in [0.2, 0.25) is 0 Å². The normalized spacial score (nSPS) is 56.6. The summed E-state index contributed by atoms with van der Waals surface area (Å²) >= 11 is 0. The van der Waals surface area contributed by atoms with Gasteiger partial charge in [0.15, 0.2) is 0 Å². The molecule has 2 bridgehead atoms. The molecule has 142 valence electrons. The highest BCUT2D eigenvalue weighted by atomic mass is 16.3. The van der Waals surface area contributed by atoms with Gasteiger partial charge in [0, 0.05) is 6.61 Å². The molecule has 3 heteroatoms. The first kappa shape index (κ1) is 17.0. The van der Waals surface area contributed by atoms with Gasteiger partial charge in [-0.15, -0.1) is 0 Å². The number of fused-ring (bicyclic) bond motifs is 6. The van der Waals surface area contributed by atoms with Crippen molar-refractivity contribution in [2.75, 3.05) is 6.61 Å². The van der Waals surface area contributed by atoms with Crippen LogP contribution in [-0.2, 0) is 0 Å². The molecule has 0 aromatic carbocycles. The monoisotopic (exact) mass is 348 g/mol. The van der Waals surface area contributed by atoms with E-state index in [1.165, 1.54) is 25.7 Å². The first-order chi connectivity index (χ1) is 11.9. The van der Waals surface area contributed by atoms with Gasteiger partial charge >= 0.3 is 0 Å². The van der Waals surface area contributed by atoms with Crippen LogP contribution in [0.25, 0.3) is 0 Å². The van der Waals surface area contributed by atoms with Crippen molar-refractivity contribution in [3.05, 3.63) is 0 Å². The van der Waals surface area contributed by atoms with Gasteiger partial charge in [0.25, 0.3) is 0 Å². The van der Waals surface area contributed by atoms with E-state index in [1.54, 1.807) is 0 Å². The molecule has 25 heavy (non-hydrogen) atoms. The van der Waals surface area contributed by atoms with Crippen LogP contribution in [0, 0.1) is 34.0 Å². The molecule has 0 aromatic rings. The van der Waals surface area contributed by atoms with Crippen molar-refractivity contribution in [3.63, 3.8) is 0 Å². The topological polar surface area (TPSA) is 60.7 Å². The van der Waals surface area contributed by atoms with Crippen LogP contribution in [0.3, 0.4) is 0 Å².